The predicted octanol–water partition coefficient (Wildman–Crippen LogP) is 0.911. The number of sulfonamides is 1. The van der Waals surface area contributed by atoms with Crippen molar-refractivity contribution in [2.75, 3.05) is 25.4 Å². The van der Waals surface area contributed by atoms with Crippen LogP contribution in [0.1, 0.15) is 18.4 Å². The third-order valence-corrected chi connectivity index (χ3v) is 5.35. The number of rotatable bonds is 5. The maximum atomic E-state index is 11.8. The Labute approximate surface area is 125 Å². The van der Waals surface area contributed by atoms with Gasteiger partial charge in [-0.25, -0.2) is 17.5 Å². The van der Waals surface area contributed by atoms with E-state index in [-0.39, 0.29) is 11.8 Å². The van der Waals surface area contributed by atoms with E-state index < -0.39 is 10.0 Å². The van der Waals surface area contributed by atoms with Crippen LogP contribution in [0.2, 0.25) is 0 Å². The molecule has 2 N–H and O–H groups in total. The smallest absolute Gasteiger partial charge is 0.315 e. The summed E-state index contributed by atoms with van der Waals surface area (Å²) in [5, 5.41) is 5.42. The van der Waals surface area contributed by atoms with Crippen LogP contribution >= 0.6 is 0 Å². The molecule has 7 heteroatoms. The van der Waals surface area contributed by atoms with E-state index in [9.17, 15) is 13.2 Å². The number of benzene rings is 1. The molecule has 1 fully saturated rings. The van der Waals surface area contributed by atoms with Gasteiger partial charge in [-0.2, -0.15) is 0 Å². The van der Waals surface area contributed by atoms with Crippen LogP contribution in [0.4, 0.5) is 4.79 Å². The summed E-state index contributed by atoms with van der Waals surface area (Å²) in [7, 11) is -3.12. The maximum Gasteiger partial charge on any atom is 0.315 e. The number of nitrogens with zero attached hydrogens (tertiary/aromatic N) is 1. The number of carbonyl (C=O) groups is 1. The Kier molecular flexibility index (Phi) is 5.58. The molecule has 21 heavy (non-hydrogen) atoms. The summed E-state index contributed by atoms with van der Waals surface area (Å²) >= 11 is 0. The Morgan fingerprint density at radius 3 is 2.62 bits per heavy atom. The number of hydrogen-bond donors (Lipinski definition) is 2. The molecule has 2 amide bonds. The molecule has 0 atom stereocenters. The van der Waals surface area contributed by atoms with Crippen LogP contribution in [0.15, 0.2) is 30.3 Å². The van der Waals surface area contributed by atoms with Gasteiger partial charge in [-0.05, 0) is 18.4 Å². The number of amides is 2. The van der Waals surface area contributed by atoms with E-state index >= 15 is 0 Å². The normalized spacial score (nSPS) is 18.1. The molecule has 0 radical (unpaired) electrons. The fourth-order valence-electron chi connectivity index (χ4n) is 2.23. The van der Waals surface area contributed by atoms with Gasteiger partial charge in [0.1, 0.15) is 0 Å². The lowest BCUT2D eigenvalue weighted by Crippen LogP contribution is -2.44. The topological polar surface area (TPSA) is 78.5 Å². The zero-order chi connectivity index (χ0) is 15.1. The van der Waals surface area contributed by atoms with Crippen LogP contribution in [0.5, 0.6) is 0 Å². The highest BCUT2D eigenvalue weighted by Gasteiger charge is 2.24. The maximum absolute atomic E-state index is 11.8. The van der Waals surface area contributed by atoms with Crippen molar-refractivity contribution in [2.45, 2.75) is 19.4 Å². The first-order valence-electron chi connectivity index (χ1n) is 7.11. The van der Waals surface area contributed by atoms with E-state index in [1.165, 1.54) is 4.31 Å². The van der Waals surface area contributed by atoms with Crippen LogP contribution in [0, 0.1) is 0 Å². The van der Waals surface area contributed by atoms with Crippen molar-refractivity contribution >= 4 is 16.1 Å². The van der Waals surface area contributed by atoms with E-state index in [0.29, 0.717) is 26.2 Å². The molecule has 0 unspecified atom stereocenters. The lowest BCUT2D eigenvalue weighted by molar-refractivity contribution is 0.239. The first-order chi connectivity index (χ1) is 10.1. The Morgan fingerprint density at radius 2 is 1.90 bits per heavy atom. The largest absolute Gasteiger partial charge is 0.337 e. The van der Waals surface area contributed by atoms with Gasteiger partial charge in [0.15, 0.2) is 0 Å². The van der Waals surface area contributed by atoms with E-state index in [1.807, 2.05) is 30.3 Å². The molecule has 0 saturated carbocycles. The Morgan fingerprint density at radius 1 is 1.14 bits per heavy atom. The van der Waals surface area contributed by atoms with Crippen molar-refractivity contribution in [2.24, 2.45) is 0 Å². The van der Waals surface area contributed by atoms with Gasteiger partial charge in [0, 0.05) is 26.2 Å². The SMILES string of the molecule is O=C(NCCN1CCCCS1(=O)=O)NCc1ccccc1. The minimum atomic E-state index is -3.12. The summed E-state index contributed by atoms with van der Waals surface area (Å²) in [5.74, 6) is 0.215. The van der Waals surface area contributed by atoms with Crippen molar-refractivity contribution in [3.05, 3.63) is 35.9 Å². The molecule has 6 nitrogen and oxygen atoms in total. The fourth-order valence-corrected chi connectivity index (χ4v) is 3.83. The molecule has 0 bridgehead atoms. The van der Waals surface area contributed by atoms with E-state index in [1.54, 1.807) is 0 Å². The highest BCUT2D eigenvalue weighted by molar-refractivity contribution is 7.89. The third kappa shape index (κ3) is 5.02. The van der Waals surface area contributed by atoms with Crippen molar-refractivity contribution in [1.29, 1.82) is 0 Å². The summed E-state index contributed by atoms with van der Waals surface area (Å²) < 4.78 is 25.0. The monoisotopic (exact) mass is 311 g/mol. The van der Waals surface area contributed by atoms with Gasteiger partial charge in [-0.1, -0.05) is 30.3 Å². The Hall–Kier alpha value is -1.60. The zero-order valence-corrected chi connectivity index (χ0v) is 12.7. The number of nitrogens with one attached hydrogen (secondary N) is 2. The quantitative estimate of drug-likeness (QED) is 0.848. The molecule has 2 rings (SSSR count). The van der Waals surface area contributed by atoms with Gasteiger partial charge in [-0.3, -0.25) is 0 Å². The predicted molar refractivity (Wildman–Crippen MR) is 81.3 cm³/mol. The lowest BCUT2D eigenvalue weighted by atomic mass is 10.2. The molecule has 1 aliphatic rings. The van der Waals surface area contributed by atoms with Crippen molar-refractivity contribution in [1.82, 2.24) is 14.9 Å². The second kappa shape index (κ2) is 7.42. The van der Waals surface area contributed by atoms with Gasteiger partial charge in [0.25, 0.3) is 0 Å². The summed E-state index contributed by atoms with van der Waals surface area (Å²) in [6.07, 6.45) is 1.61. The summed E-state index contributed by atoms with van der Waals surface area (Å²) in [5.41, 5.74) is 1.02. The van der Waals surface area contributed by atoms with Crippen LogP contribution in [0.25, 0.3) is 0 Å². The van der Waals surface area contributed by atoms with Crippen molar-refractivity contribution in [3.63, 3.8) is 0 Å². The molecular weight excluding hydrogens is 290 g/mol. The second-order valence-corrected chi connectivity index (χ2v) is 7.11. The second-order valence-electron chi connectivity index (χ2n) is 5.02. The molecular formula is C14H21N3O3S. The minimum absolute atomic E-state index is 0.215. The number of carbonyl (C=O) groups excluding carboxylic acids is 1. The van der Waals surface area contributed by atoms with E-state index in [0.717, 1.165) is 18.4 Å². The van der Waals surface area contributed by atoms with Crippen molar-refractivity contribution in [3.8, 4) is 0 Å². The summed E-state index contributed by atoms with van der Waals surface area (Å²) in [6.45, 7) is 1.66. The molecule has 1 aliphatic heterocycles. The van der Waals surface area contributed by atoms with Gasteiger partial charge in [0.05, 0.1) is 5.75 Å². The Bertz CT molecular complexity index is 560. The van der Waals surface area contributed by atoms with Gasteiger partial charge in [-0.15, -0.1) is 0 Å². The standard InChI is InChI=1S/C14H21N3O3S/c18-14(16-12-13-6-2-1-3-7-13)15-8-10-17-9-4-5-11-21(17,19)20/h1-3,6-7H,4-5,8-12H2,(H2,15,16,18). The average molecular weight is 311 g/mol. The van der Waals surface area contributed by atoms with Crippen LogP contribution in [-0.4, -0.2) is 44.1 Å². The molecule has 1 saturated heterocycles. The van der Waals surface area contributed by atoms with Crippen LogP contribution < -0.4 is 10.6 Å². The van der Waals surface area contributed by atoms with E-state index in [2.05, 4.69) is 10.6 Å². The minimum Gasteiger partial charge on any atom is -0.337 e. The average Bonchev–Trinajstić information content (AvgIpc) is 2.48. The first kappa shape index (κ1) is 15.8. The molecule has 0 aromatic heterocycles. The van der Waals surface area contributed by atoms with Crippen LogP contribution in [0.3, 0.4) is 0 Å². The van der Waals surface area contributed by atoms with Gasteiger partial charge >= 0.3 is 6.03 Å². The molecule has 1 aromatic carbocycles. The highest BCUT2D eigenvalue weighted by Crippen LogP contribution is 2.12. The van der Waals surface area contributed by atoms with Gasteiger partial charge < -0.3 is 10.6 Å². The van der Waals surface area contributed by atoms with Gasteiger partial charge in [0.2, 0.25) is 10.0 Å². The summed E-state index contributed by atoms with van der Waals surface area (Å²) in [6, 6.07) is 9.32. The molecule has 116 valence electrons. The molecule has 0 aliphatic carbocycles. The molecule has 0 spiro atoms. The highest BCUT2D eigenvalue weighted by atomic mass is 32.2. The van der Waals surface area contributed by atoms with E-state index in [4.69, 9.17) is 0 Å². The lowest BCUT2D eigenvalue weighted by Gasteiger charge is -2.26. The third-order valence-electron chi connectivity index (χ3n) is 3.40. The number of hydrogen-bond acceptors (Lipinski definition) is 3. The number of urea groups is 1. The molecule has 1 heterocycles. The van der Waals surface area contributed by atoms with Crippen molar-refractivity contribution < 1.29 is 13.2 Å². The Balaban J connectivity index is 1.67. The fraction of sp³-hybridized carbons (Fsp3) is 0.500. The zero-order valence-electron chi connectivity index (χ0n) is 11.9. The molecule has 1 aromatic rings. The first-order valence-corrected chi connectivity index (χ1v) is 8.72. The van der Waals surface area contributed by atoms with Crippen LogP contribution in [-0.2, 0) is 16.6 Å². The summed E-state index contributed by atoms with van der Waals surface area (Å²) in [4.78, 5) is 11.6.